The summed E-state index contributed by atoms with van der Waals surface area (Å²) in [5, 5.41) is 0. The lowest BCUT2D eigenvalue weighted by molar-refractivity contribution is 0.0827. The van der Waals surface area contributed by atoms with E-state index in [-0.39, 0.29) is 12.5 Å². The summed E-state index contributed by atoms with van der Waals surface area (Å²) in [7, 11) is -1.68. The Labute approximate surface area is 140 Å². The molecule has 0 amide bonds. The Balaban J connectivity index is 1.53. The number of hydrogen-bond acceptors (Lipinski definition) is 7. The van der Waals surface area contributed by atoms with Gasteiger partial charge < -0.3 is 24.5 Å². The van der Waals surface area contributed by atoms with Gasteiger partial charge in [-0.1, -0.05) is 18.2 Å². The minimum atomic E-state index is -1.68. The Morgan fingerprint density at radius 2 is 2.04 bits per heavy atom. The van der Waals surface area contributed by atoms with E-state index in [0.29, 0.717) is 29.3 Å². The van der Waals surface area contributed by atoms with Gasteiger partial charge in [0.05, 0.1) is 19.0 Å². The topological polar surface area (TPSA) is 108 Å². The van der Waals surface area contributed by atoms with Crippen LogP contribution in [0, 0.1) is 0 Å². The van der Waals surface area contributed by atoms with Crippen LogP contribution in [0.15, 0.2) is 43.0 Å². The number of imidazole rings is 1. The molecule has 2 heterocycles. The number of para-hydroxylation sites is 1. The van der Waals surface area contributed by atoms with Crippen molar-refractivity contribution < 1.29 is 14.2 Å². The van der Waals surface area contributed by atoms with Crippen LogP contribution in [0.5, 0.6) is 5.75 Å². The zero-order valence-corrected chi connectivity index (χ0v) is 14.0. The Morgan fingerprint density at radius 3 is 2.83 bits per heavy atom. The van der Waals surface area contributed by atoms with E-state index < -0.39 is 8.38 Å². The molecule has 0 saturated carbocycles. The van der Waals surface area contributed by atoms with Gasteiger partial charge in [0.1, 0.15) is 23.9 Å². The highest BCUT2D eigenvalue weighted by Gasteiger charge is 2.14. The molecular weight excluding hydrogens is 329 g/mol. The van der Waals surface area contributed by atoms with Crippen LogP contribution >= 0.6 is 8.38 Å². The molecule has 8 nitrogen and oxygen atoms in total. The van der Waals surface area contributed by atoms with Crippen molar-refractivity contribution in [3.63, 3.8) is 0 Å². The van der Waals surface area contributed by atoms with Crippen LogP contribution in [-0.4, -0.2) is 36.9 Å². The lowest BCUT2D eigenvalue weighted by atomic mass is 10.3. The van der Waals surface area contributed by atoms with Crippen LogP contribution in [0.4, 0.5) is 5.82 Å². The van der Waals surface area contributed by atoms with E-state index >= 15 is 0 Å². The average Bonchev–Trinajstić information content (AvgIpc) is 2.98. The van der Waals surface area contributed by atoms with Gasteiger partial charge in [-0.15, -0.1) is 0 Å². The second-order valence-corrected chi connectivity index (χ2v) is 6.34. The number of nitrogens with two attached hydrogens (primary N) is 1. The fourth-order valence-electron chi connectivity index (χ4n) is 2.18. The van der Waals surface area contributed by atoms with Gasteiger partial charge in [0.15, 0.2) is 11.5 Å². The molecule has 0 fully saturated rings. The third-order valence-electron chi connectivity index (χ3n) is 3.31. The second-order valence-electron chi connectivity index (χ2n) is 5.19. The molecule has 2 unspecified atom stereocenters. The van der Waals surface area contributed by atoms with Crippen LogP contribution < -0.4 is 10.3 Å². The highest BCUT2D eigenvalue weighted by molar-refractivity contribution is 7.46. The van der Waals surface area contributed by atoms with E-state index in [1.54, 1.807) is 18.5 Å². The number of anilines is 1. The molecular formula is C15H18N5O3P. The zero-order chi connectivity index (χ0) is 16.9. The van der Waals surface area contributed by atoms with E-state index in [1.165, 1.54) is 6.33 Å². The molecule has 2 aromatic heterocycles. The van der Waals surface area contributed by atoms with Gasteiger partial charge in [-0.2, -0.15) is 0 Å². The molecule has 0 spiro atoms. The minimum absolute atomic E-state index is 0.120. The minimum Gasteiger partial charge on any atom is -0.446 e. The first-order valence-corrected chi connectivity index (χ1v) is 8.75. The van der Waals surface area contributed by atoms with Gasteiger partial charge in [0, 0.05) is 0 Å². The highest BCUT2D eigenvalue weighted by atomic mass is 31.2. The summed E-state index contributed by atoms with van der Waals surface area (Å²) in [6, 6.07) is 9.16. The Morgan fingerprint density at radius 1 is 1.25 bits per heavy atom. The smallest absolute Gasteiger partial charge is 0.255 e. The molecule has 1 aromatic carbocycles. The van der Waals surface area contributed by atoms with Gasteiger partial charge in [-0.05, 0) is 19.1 Å². The first kappa shape index (κ1) is 16.6. The first-order chi connectivity index (χ1) is 11.6. The zero-order valence-electron chi connectivity index (χ0n) is 13.1. The van der Waals surface area contributed by atoms with Crippen LogP contribution in [0.1, 0.15) is 6.92 Å². The standard InChI is InChI=1S/C15H18N5O3P/c1-11(22-10-24(21)23-12-5-3-2-4-6-12)7-20-9-19-13-14(16)17-8-18-15(13)20/h2-6,8-9,11,21H,7,10H2,1H3,(H2,16,17,18). The molecule has 24 heavy (non-hydrogen) atoms. The third-order valence-corrected chi connectivity index (χ3v) is 4.10. The number of benzene rings is 1. The molecule has 3 N–H and O–H groups in total. The molecule has 3 aromatic rings. The third kappa shape index (κ3) is 3.97. The number of rotatable bonds is 7. The highest BCUT2D eigenvalue weighted by Crippen LogP contribution is 2.33. The summed E-state index contributed by atoms with van der Waals surface area (Å²) in [4.78, 5) is 22.3. The van der Waals surface area contributed by atoms with Crippen LogP contribution in [0.2, 0.25) is 0 Å². The first-order valence-electron chi connectivity index (χ1n) is 7.36. The predicted octanol–water partition coefficient (Wildman–Crippen LogP) is 2.15. The van der Waals surface area contributed by atoms with Gasteiger partial charge in [-0.3, -0.25) is 0 Å². The molecule has 0 aliphatic heterocycles. The van der Waals surface area contributed by atoms with Crippen molar-refractivity contribution in [2.75, 3.05) is 12.1 Å². The number of nitrogens with zero attached hydrogens (tertiary/aromatic N) is 4. The maximum Gasteiger partial charge on any atom is 0.255 e. The van der Waals surface area contributed by atoms with E-state index in [9.17, 15) is 4.89 Å². The van der Waals surface area contributed by atoms with Crippen molar-refractivity contribution in [1.29, 1.82) is 0 Å². The summed E-state index contributed by atoms with van der Waals surface area (Å²) in [5.41, 5.74) is 6.99. The average molecular weight is 347 g/mol. The second kappa shape index (κ2) is 7.53. The van der Waals surface area contributed by atoms with Crippen molar-refractivity contribution in [2.45, 2.75) is 19.6 Å². The van der Waals surface area contributed by atoms with Crippen LogP contribution in [0.3, 0.4) is 0 Å². The predicted molar refractivity (Wildman–Crippen MR) is 91.4 cm³/mol. The molecule has 0 saturated heterocycles. The van der Waals surface area contributed by atoms with Crippen molar-refractivity contribution in [1.82, 2.24) is 19.5 Å². The molecule has 0 bridgehead atoms. The number of fused-ring (bicyclic) bond motifs is 1. The summed E-state index contributed by atoms with van der Waals surface area (Å²) in [6.45, 7) is 2.43. The van der Waals surface area contributed by atoms with Crippen molar-refractivity contribution in [2.24, 2.45) is 0 Å². The van der Waals surface area contributed by atoms with Crippen LogP contribution in [0.25, 0.3) is 11.2 Å². The lowest BCUT2D eigenvalue weighted by Gasteiger charge is -2.17. The molecule has 126 valence electrons. The Bertz CT molecular complexity index is 798. The van der Waals surface area contributed by atoms with Crippen molar-refractivity contribution in [3.8, 4) is 5.75 Å². The summed E-state index contributed by atoms with van der Waals surface area (Å²) in [5.74, 6) is 0.970. The van der Waals surface area contributed by atoms with E-state index in [1.807, 2.05) is 29.7 Å². The Hall–Kier alpha value is -2.28. The summed E-state index contributed by atoms with van der Waals surface area (Å²) < 4.78 is 12.9. The Kier molecular flexibility index (Phi) is 5.20. The van der Waals surface area contributed by atoms with Crippen molar-refractivity contribution in [3.05, 3.63) is 43.0 Å². The van der Waals surface area contributed by atoms with E-state index in [2.05, 4.69) is 15.0 Å². The van der Waals surface area contributed by atoms with E-state index in [0.717, 1.165) is 0 Å². The lowest BCUT2D eigenvalue weighted by Crippen LogP contribution is -2.17. The molecule has 3 rings (SSSR count). The van der Waals surface area contributed by atoms with Crippen LogP contribution in [-0.2, 0) is 11.3 Å². The number of hydrogen-bond donors (Lipinski definition) is 2. The molecule has 0 aliphatic rings. The van der Waals surface area contributed by atoms with Crippen molar-refractivity contribution >= 4 is 25.4 Å². The molecule has 2 atom stereocenters. The van der Waals surface area contributed by atoms with Gasteiger partial charge in [-0.25, -0.2) is 15.0 Å². The molecule has 9 heteroatoms. The normalized spacial score (nSPS) is 13.8. The van der Waals surface area contributed by atoms with Gasteiger partial charge in [0.25, 0.3) is 8.38 Å². The quantitative estimate of drug-likeness (QED) is 0.630. The number of ether oxygens (including phenoxy) is 1. The molecule has 0 radical (unpaired) electrons. The SMILES string of the molecule is CC(Cn1cnc2c(N)ncnc21)OCP(O)Oc1ccccc1. The fraction of sp³-hybridized carbons (Fsp3) is 0.267. The summed E-state index contributed by atoms with van der Waals surface area (Å²) in [6.07, 6.45) is 3.02. The van der Waals surface area contributed by atoms with E-state index in [4.69, 9.17) is 15.0 Å². The summed E-state index contributed by atoms with van der Waals surface area (Å²) >= 11 is 0. The van der Waals surface area contributed by atoms with Gasteiger partial charge in [0.2, 0.25) is 0 Å². The maximum absolute atomic E-state index is 9.95. The fourth-order valence-corrected chi connectivity index (χ4v) is 2.98. The molecule has 0 aliphatic carbocycles. The monoisotopic (exact) mass is 347 g/mol. The number of nitrogen functional groups attached to an aromatic ring is 1. The number of aromatic nitrogens is 4. The largest absolute Gasteiger partial charge is 0.446 e. The van der Waals surface area contributed by atoms with Gasteiger partial charge >= 0.3 is 0 Å². The maximum atomic E-state index is 9.95.